The molecule has 1 aromatic heterocycles. The molecule has 0 fully saturated rings. The molecule has 0 N–H and O–H groups in total. The Morgan fingerprint density at radius 3 is 2.70 bits per heavy atom. The highest BCUT2D eigenvalue weighted by atomic mass is 32.2. The van der Waals surface area contributed by atoms with Crippen LogP contribution >= 0.6 is 11.8 Å². The Balaban J connectivity index is 1.65. The number of ether oxygens (including phenoxy) is 2. The summed E-state index contributed by atoms with van der Waals surface area (Å²) in [4.78, 5) is 7.02. The largest absolute Gasteiger partial charge is 0.482 e. The van der Waals surface area contributed by atoms with E-state index < -0.39 is 5.54 Å². The van der Waals surface area contributed by atoms with Crippen LogP contribution in [0, 0.1) is 0 Å². The van der Waals surface area contributed by atoms with Gasteiger partial charge < -0.3 is 9.47 Å². The third kappa shape index (κ3) is 2.63. The summed E-state index contributed by atoms with van der Waals surface area (Å²) in [6, 6.07) is 10.5. The topological polar surface area (TPSA) is 39.5 Å². The number of hydrogen-bond donors (Lipinski definition) is 0. The van der Waals surface area contributed by atoms with Gasteiger partial charge in [-0.05, 0) is 48.8 Å². The molecule has 0 bridgehead atoms. The Morgan fingerprint density at radius 2 is 1.97 bits per heavy atom. The van der Waals surface area contributed by atoms with Gasteiger partial charge in [0.15, 0.2) is 5.88 Å². The minimum Gasteiger partial charge on any atom is -0.482 e. The van der Waals surface area contributed by atoms with Crippen molar-refractivity contribution in [1.82, 2.24) is 9.55 Å². The van der Waals surface area contributed by atoms with E-state index in [2.05, 4.69) is 65.8 Å². The highest BCUT2D eigenvalue weighted by molar-refractivity contribution is 7.98. The van der Waals surface area contributed by atoms with Crippen molar-refractivity contribution in [3.8, 4) is 0 Å². The van der Waals surface area contributed by atoms with E-state index in [0.717, 1.165) is 22.6 Å². The molecular weight excluding hydrogens is 394 g/mol. The summed E-state index contributed by atoms with van der Waals surface area (Å²) in [6.07, 6.45) is 10.5. The first-order chi connectivity index (χ1) is 14.6. The van der Waals surface area contributed by atoms with Crippen molar-refractivity contribution in [3.63, 3.8) is 0 Å². The van der Waals surface area contributed by atoms with E-state index in [9.17, 15) is 0 Å². The highest BCUT2D eigenvalue weighted by Gasteiger charge is 2.53. The standard InChI is InChI=1S/C24H25N3O2S/c1-16-13-24-12-8-11-19(28-3)27(24)23-25-14-20(30-15-18-9-6-5-7-10-18)26(23)22(24)17(2)21(16)29-4/h5-14,21H,15H2,1-4H3. The molecule has 3 aliphatic rings. The van der Waals surface area contributed by atoms with E-state index in [-0.39, 0.29) is 6.10 Å². The molecule has 5 rings (SSSR count). The number of methoxy groups -OCH3 is 2. The van der Waals surface area contributed by atoms with Crippen LogP contribution in [-0.4, -0.2) is 35.4 Å². The van der Waals surface area contributed by atoms with Gasteiger partial charge in [0.25, 0.3) is 0 Å². The summed E-state index contributed by atoms with van der Waals surface area (Å²) in [5, 5.41) is 1.11. The van der Waals surface area contributed by atoms with E-state index in [1.54, 1.807) is 26.0 Å². The Hall–Kier alpha value is -2.70. The molecule has 30 heavy (non-hydrogen) atoms. The maximum atomic E-state index is 5.86. The summed E-state index contributed by atoms with van der Waals surface area (Å²) in [6.45, 7) is 4.30. The Bertz CT molecular complexity index is 1110. The summed E-state index contributed by atoms with van der Waals surface area (Å²) in [5.74, 6) is 2.54. The SMILES string of the molecule is COC1=CC=CC23C=C(C)C(OC)C(C)=C2n2c(SCc4ccccc4)cnc2N13. The fourth-order valence-corrected chi connectivity index (χ4v) is 5.78. The zero-order chi connectivity index (χ0) is 20.9. The quantitative estimate of drug-likeness (QED) is 0.504. The molecule has 2 aliphatic heterocycles. The molecule has 1 aliphatic carbocycles. The lowest BCUT2D eigenvalue weighted by atomic mass is 9.80. The maximum absolute atomic E-state index is 5.86. The predicted octanol–water partition coefficient (Wildman–Crippen LogP) is 5.00. The van der Waals surface area contributed by atoms with Crippen LogP contribution in [-0.2, 0) is 15.2 Å². The van der Waals surface area contributed by atoms with Gasteiger partial charge in [0, 0.05) is 12.9 Å². The first-order valence-electron chi connectivity index (χ1n) is 10.0. The van der Waals surface area contributed by atoms with E-state index in [1.807, 2.05) is 18.3 Å². The molecule has 5 nitrogen and oxygen atoms in total. The molecule has 6 heteroatoms. The van der Waals surface area contributed by atoms with Crippen molar-refractivity contribution in [2.24, 2.45) is 0 Å². The molecule has 0 amide bonds. The van der Waals surface area contributed by atoms with Gasteiger partial charge >= 0.3 is 0 Å². The fourth-order valence-electron chi connectivity index (χ4n) is 4.85. The Labute approximate surface area is 181 Å². The molecular formula is C24H25N3O2S. The van der Waals surface area contributed by atoms with Gasteiger partial charge in [-0.15, -0.1) is 11.8 Å². The third-order valence-corrected chi connectivity index (χ3v) is 7.06. The molecule has 3 heterocycles. The maximum Gasteiger partial charge on any atom is 0.219 e. The minimum atomic E-state index is -0.449. The molecule has 2 aromatic rings. The van der Waals surface area contributed by atoms with Crippen LogP contribution < -0.4 is 4.90 Å². The molecule has 1 spiro atoms. The van der Waals surface area contributed by atoms with Crippen LogP contribution in [0.15, 0.2) is 82.9 Å². The van der Waals surface area contributed by atoms with Crippen molar-refractivity contribution < 1.29 is 9.47 Å². The minimum absolute atomic E-state index is 0.0434. The molecule has 0 saturated carbocycles. The molecule has 0 saturated heterocycles. The van der Waals surface area contributed by atoms with Crippen LogP contribution in [0.2, 0.25) is 0 Å². The Morgan fingerprint density at radius 1 is 1.17 bits per heavy atom. The molecule has 1 aromatic carbocycles. The first kappa shape index (κ1) is 19.3. The van der Waals surface area contributed by atoms with Crippen LogP contribution in [0.4, 0.5) is 5.95 Å². The average molecular weight is 420 g/mol. The number of imidazole rings is 1. The zero-order valence-corrected chi connectivity index (χ0v) is 18.4. The van der Waals surface area contributed by atoms with E-state index in [1.165, 1.54) is 22.4 Å². The number of rotatable bonds is 5. The molecule has 0 radical (unpaired) electrons. The summed E-state index contributed by atoms with van der Waals surface area (Å²) in [5.41, 5.74) is 4.41. The molecule has 2 atom stereocenters. The van der Waals surface area contributed by atoms with Crippen LogP contribution in [0.5, 0.6) is 0 Å². The summed E-state index contributed by atoms with van der Waals surface area (Å²) in [7, 11) is 3.48. The molecule has 2 unspecified atom stereocenters. The van der Waals surface area contributed by atoms with Gasteiger partial charge in [-0.2, -0.15) is 0 Å². The Kier molecular flexibility index (Phi) is 4.64. The summed E-state index contributed by atoms with van der Waals surface area (Å²) < 4.78 is 13.9. The van der Waals surface area contributed by atoms with Crippen molar-refractivity contribution in [1.29, 1.82) is 0 Å². The normalized spacial score (nSPS) is 24.3. The fraction of sp³-hybridized carbons (Fsp3) is 0.292. The van der Waals surface area contributed by atoms with Crippen LogP contribution in [0.25, 0.3) is 5.70 Å². The van der Waals surface area contributed by atoms with Gasteiger partial charge in [0.1, 0.15) is 16.7 Å². The van der Waals surface area contributed by atoms with Gasteiger partial charge in [0.05, 0.1) is 19.0 Å². The number of nitrogens with zero attached hydrogens (tertiary/aromatic N) is 3. The second-order valence-corrected chi connectivity index (χ2v) is 8.77. The van der Waals surface area contributed by atoms with Crippen molar-refractivity contribution in [3.05, 3.63) is 83.4 Å². The van der Waals surface area contributed by atoms with Crippen molar-refractivity contribution >= 4 is 23.4 Å². The van der Waals surface area contributed by atoms with Gasteiger partial charge in [0.2, 0.25) is 5.95 Å². The van der Waals surface area contributed by atoms with E-state index in [4.69, 9.17) is 14.5 Å². The van der Waals surface area contributed by atoms with E-state index in [0.29, 0.717) is 0 Å². The number of fused-ring (bicyclic) bond motifs is 3. The van der Waals surface area contributed by atoms with Crippen molar-refractivity contribution in [2.45, 2.75) is 36.3 Å². The smallest absolute Gasteiger partial charge is 0.219 e. The lowest BCUT2D eigenvalue weighted by Gasteiger charge is -2.41. The van der Waals surface area contributed by atoms with Gasteiger partial charge in [-0.25, -0.2) is 4.98 Å². The van der Waals surface area contributed by atoms with Gasteiger partial charge in [-0.1, -0.05) is 36.4 Å². The lowest BCUT2D eigenvalue weighted by molar-refractivity contribution is 0.157. The number of hydrogen-bond acceptors (Lipinski definition) is 5. The van der Waals surface area contributed by atoms with Crippen LogP contribution in [0.3, 0.4) is 0 Å². The highest BCUT2D eigenvalue weighted by Crippen LogP contribution is 2.53. The first-order valence-corrected chi connectivity index (χ1v) is 11.0. The second kappa shape index (κ2) is 7.22. The number of benzene rings is 1. The number of aromatic nitrogens is 2. The van der Waals surface area contributed by atoms with Gasteiger partial charge in [-0.3, -0.25) is 9.47 Å². The number of thioether (sulfide) groups is 1. The molecule has 154 valence electrons. The number of anilines is 1. The van der Waals surface area contributed by atoms with Crippen molar-refractivity contribution in [2.75, 3.05) is 19.1 Å². The monoisotopic (exact) mass is 419 g/mol. The predicted molar refractivity (Wildman–Crippen MR) is 121 cm³/mol. The number of allylic oxidation sites excluding steroid dienone is 2. The third-order valence-electron chi connectivity index (χ3n) is 6.00. The lowest BCUT2D eigenvalue weighted by Crippen LogP contribution is -2.47. The second-order valence-electron chi connectivity index (χ2n) is 7.77. The summed E-state index contributed by atoms with van der Waals surface area (Å²) >= 11 is 1.80. The zero-order valence-electron chi connectivity index (χ0n) is 17.6. The van der Waals surface area contributed by atoms with E-state index >= 15 is 0 Å². The van der Waals surface area contributed by atoms with Crippen LogP contribution in [0.1, 0.15) is 19.4 Å². The average Bonchev–Trinajstić information content (AvgIpc) is 3.28.